The predicted molar refractivity (Wildman–Crippen MR) is 65.7 cm³/mol. The van der Waals surface area contributed by atoms with Crippen molar-refractivity contribution in [3.05, 3.63) is 35.5 Å². The average Bonchev–Trinajstić information content (AvgIpc) is 2.89. The minimum atomic E-state index is 0.0184. The maximum Gasteiger partial charge on any atom is 0.228 e. The van der Waals surface area contributed by atoms with Crippen LogP contribution in [0, 0.1) is 11.3 Å². The van der Waals surface area contributed by atoms with Gasteiger partial charge in [0.05, 0.1) is 12.1 Å². The quantitative estimate of drug-likeness (QED) is 0.817. The third-order valence-electron chi connectivity index (χ3n) is 3.02. The molecule has 3 rings (SSSR count). The van der Waals surface area contributed by atoms with Crippen molar-refractivity contribution >= 4 is 11.6 Å². The molecule has 0 bridgehead atoms. The third kappa shape index (κ3) is 1.55. The number of aryl methyl sites for hydroxylation is 1. The predicted octanol–water partition coefficient (Wildman–Crippen LogP) is 1.45. The van der Waals surface area contributed by atoms with Crippen molar-refractivity contribution in [2.24, 2.45) is 7.05 Å². The van der Waals surface area contributed by atoms with Gasteiger partial charge in [-0.1, -0.05) is 6.07 Å². The summed E-state index contributed by atoms with van der Waals surface area (Å²) in [6.45, 7) is 0. The summed E-state index contributed by atoms with van der Waals surface area (Å²) in [5.74, 6) is 0.0184. The van der Waals surface area contributed by atoms with Gasteiger partial charge in [0.1, 0.15) is 6.07 Å². The number of nitriles is 1. The number of carbonyl (C=O) groups excluding carboxylic acids is 1. The smallest absolute Gasteiger partial charge is 0.228 e. The van der Waals surface area contributed by atoms with E-state index in [1.165, 1.54) is 0 Å². The van der Waals surface area contributed by atoms with Crippen LogP contribution in [-0.2, 0) is 18.3 Å². The normalized spacial score (nSPS) is 13.0. The molecule has 1 amide bonds. The van der Waals surface area contributed by atoms with Crippen LogP contribution < -0.4 is 5.32 Å². The lowest BCUT2D eigenvalue weighted by Gasteiger charge is -2.04. The first kappa shape index (κ1) is 10.5. The molecule has 0 fully saturated rings. The van der Waals surface area contributed by atoms with Crippen LogP contribution in [0.15, 0.2) is 24.3 Å². The highest BCUT2D eigenvalue weighted by atomic mass is 16.1. The molecule has 2 heterocycles. The van der Waals surface area contributed by atoms with E-state index < -0.39 is 0 Å². The number of nitrogens with zero attached hydrogens (tertiary/aromatic N) is 3. The van der Waals surface area contributed by atoms with E-state index in [-0.39, 0.29) is 5.91 Å². The molecule has 0 saturated carbocycles. The summed E-state index contributed by atoms with van der Waals surface area (Å²) < 4.78 is 1.67. The van der Waals surface area contributed by atoms with Gasteiger partial charge in [0.25, 0.3) is 0 Å². The van der Waals surface area contributed by atoms with Crippen LogP contribution in [0.25, 0.3) is 11.3 Å². The molecule has 18 heavy (non-hydrogen) atoms. The van der Waals surface area contributed by atoms with E-state index in [2.05, 4.69) is 10.4 Å². The van der Waals surface area contributed by atoms with Crippen LogP contribution >= 0.6 is 0 Å². The molecule has 0 aliphatic carbocycles. The van der Waals surface area contributed by atoms with E-state index in [1.54, 1.807) is 17.8 Å². The second-order valence-electron chi connectivity index (χ2n) is 4.25. The molecule has 1 aliphatic heterocycles. The fraction of sp³-hybridized carbons (Fsp3) is 0.154. The minimum Gasteiger partial charge on any atom is -0.326 e. The first-order valence-electron chi connectivity index (χ1n) is 5.54. The molecule has 5 heteroatoms. The van der Waals surface area contributed by atoms with E-state index >= 15 is 0 Å². The molecular formula is C13H10N4O. The number of anilines is 1. The van der Waals surface area contributed by atoms with E-state index in [4.69, 9.17) is 5.26 Å². The van der Waals surface area contributed by atoms with Crippen molar-refractivity contribution in [1.82, 2.24) is 9.78 Å². The number of nitrogens with one attached hydrogen (secondary N) is 1. The van der Waals surface area contributed by atoms with E-state index in [0.717, 1.165) is 22.5 Å². The van der Waals surface area contributed by atoms with E-state index in [0.29, 0.717) is 12.1 Å². The van der Waals surface area contributed by atoms with Gasteiger partial charge in [0, 0.05) is 24.4 Å². The molecule has 1 aliphatic rings. The molecule has 0 unspecified atom stereocenters. The van der Waals surface area contributed by atoms with Crippen LogP contribution in [0.4, 0.5) is 5.69 Å². The first-order chi connectivity index (χ1) is 8.67. The Morgan fingerprint density at radius 2 is 2.28 bits per heavy atom. The summed E-state index contributed by atoms with van der Waals surface area (Å²) in [5, 5.41) is 15.7. The van der Waals surface area contributed by atoms with E-state index in [1.807, 2.05) is 24.3 Å². The Morgan fingerprint density at radius 1 is 1.44 bits per heavy atom. The van der Waals surface area contributed by atoms with Gasteiger partial charge in [-0.15, -0.1) is 0 Å². The number of hydrogen-bond acceptors (Lipinski definition) is 3. The van der Waals surface area contributed by atoms with Gasteiger partial charge in [-0.2, -0.15) is 10.4 Å². The molecule has 1 aromatic heterocycles. The average molecular weight is 238 g/mol. The summed E-state index contributed by atoms with van der Waals surface area (Å²) in [6.07, 6.45) is 0.409. The SMILES string of the molecule is Cn1nc(C#N)cc1-c1ccc2c(c1)CC(=O)N2. The summed E-state index contributed by atoms with van der Waals surface area (Å²) in [7, 11) is 1.80. The van der Waals surface area contributed by atoms with Crippen LogP contribution in [0.1, 0.15) is 11.3 Å². The number of amides is 1. The lowest BCUT2D eigenvalue weighted by Crippen LogP contribution is -2.03. The van der Waals surface area contributed by atoms with Crippen LogP contribution in [-0.4, -0.2) is 15.7 Å². The van der Waals surface area contributed by atoms with Crippen molar-refractivity contribution < 1.29 is 4.79 Å². The Hall–Kier alpha value is -2.61. The number of benzene rings is 1. The number of carbonyl (C=O) groups is 1. The monoisotopic (exact) mass is 238 g/mol. The molecule has 0 atom stereocenters. The topological polar surface area (TPSA) is 70.7 Å². The van der Waals surface area contributed by atoms with Gasteiger partial charge in [-0.25, -0.2) is 0 Å². The van der Waals surface area contributed by atoms with Gasteiger partial charge >= 0.3 is 0 Å². The zero-order chi connectivity index (χ0) is 12.7. The fourth-order valence-electron chi connectivity index (χ4n) is 2.18. The van der Waals surface area contributed by atoms with Crippen molar-refractivity contribution in [3.63, 3.8) is 0 Å². The number of fused-ring (bicyclic) bond motifs is 1. The van der Waals surface area contributed by atoms with Crippen molar-refractivity contribution in [1.29, 1.82) is 5.26 Å². The first-order valence-corrected chi connectivity index (χ1v) is 5.54. The molecular weight excluding hydrogens is 228 g/mol. The number of aromatic nitrogens is 2. The van der Waals surface area contributed by atoms with Crippen LogP contribution in [0.5, 0.6) is 0 Å². The fourth-order valence-corrected chi connectivity index (χ4v) is 2.18. The summed E-state index contributed by atoms with van der Waals surface area (Å²) in [5.41, 5.74) is 4.07. The Kier molecular flexibility index (Phi) is 2.17. The van der Waals surface area contributed by atoms with Crippen molar-refractivity contribution in [2.45, 2.75) is 6.42 Å². The van der Waals surface area contributed by atoms with Gasteiger partial charge in [-0.05, 0) is 17.7 Å². The van der Waals surface area contributed by atoms with Gasteiger partial charge in [0.2, 0.25) is 5.91 Å². The highest BCUT2D eigenvalue weighted by Crippen LogP contribution is 2.29. The standard InChI is InChI=1S/C13H10N4O/c1-17-12(6-10(7-14)16-17)8-2-3-11-9(4-8)5-13(18)15-11/h2-4,6H,5H2,1H3,(H,15,18). The minimum absolute atomic E-state index is 0.0184. The Morgan fingerprint density at radius 3 is 3.00 bits per heavy atom. The number of rotatable bonds is 1. The third-order valence-corrected chi connectivity index (χ3v) is 3.02. The molecule has 0 spiro atoms. The second-order valence-corrected chi connectivity index (χ2v) is 4.25. The molecule has 0 radical (unpaired) electrons. The summed E-state index contributed by atoms with van der Waals surface area (Å²) >= 11 is 0. The maximum absolute atomic E-state index is 11.3. The highest BCUT2D eigenvalue weighted by Gasteiger charge is 2.18. The second kappa shape index (κ2) is 3.70. The molecule has 0 saturated heterocycles. The lowest BCUT2D eigenvalue weighted by molar-refractivity contribution is -0.115. The molecule has 5 nitrogen and oxygen atoms in total. The summed E-state index contributed by atoms with van der Waals surface area (Å²) in [4.78, 5) is 11.3. The van der Waals surface area contributed by atoms with Crippen LogP contribution in [0.2, 0.25) is 0 Å². The zero-order valence-electron chi connectivity index (χ0n) is 9.77. The maximum atomic E-state index is 11.3. The Balaban J connectivity index is 2.08. The van der Waals surface area contributed by atoms with E-state index in [9.17, 15) is 4.79 Å². The molecule has 2 aromatic rings. The van der Waals surface area contributed by atoms with Crippen molar-refractivity contribution in [2.75, 3.05) is 5.32 Å². The Bertz CT molecular complexity index is 694. The Labute approximate surface area is 104 Å². The molecule has 1 N–H and O–H groups in total. The van der Waals surface area contributed by atoms with Gasteiger partial charge in [-0.3, -0.25) is 9.48 Å². The molecule has 1 aromatic carbocycles. The summed E-state index contributed by atoms with van der Waals surface area (Å²) in [6, 6.07) is 9.53. The largest absolute Gasteiger partial charge is 0.326 e. The van der Waals surface area contributed by atoms with Crippen LogP contribution in [0.3, 0.4) is 0 Å². The van der Waals surface area contributed by atoms with Gasteiger partial charge < -0.3 is 5.32 Å². The molecule has 88 valence electrons. The lowest BCUT2D eigenvalue weighted by atomic mass is 10.1. The van der Waals surface area contributed by atoms with Crippen molar-refractivity contribution in [3.8, 4) is 17.3 Å². The highest BCUT2D eigenvalue weighted by molar-refractivity contribution is 5.99. The van der Waals surface area contributed by atoms with Gasteiger partial charge in [0.15, 0.2) is 5.69 Å². The number of hydrogen-bond donors (Lipinski definition) is 1. The zero-order valence-corrected chi connectivity index (χ0v) is 9.77.